The van der Waals surface area contributed by atoms with Crippen LogP contribution in [0, 0.1) is 5.82 Å². The van der Waals surface area contributed by atoms with Crippen molar-refractivity contribution in [2.75, 3.05) is 0 Å². The number of aromatic nitrogens is 1. The van der Waals surface area contributed by atoms with Crippen molar-refractivity contribution in [3.8, 4) is 0 Å². The number of carbonyl (C=O) groups excluding carboxylic acids is 2. The lowest BCUT2D eigenvalue weighted by Gasteiger charge is -2.27. The molecule has 1 fully saturated rings. The van der Waals surface area contributed by atoms with Crippen LogP contribution < -0.4 is 10.1 Å². The Morgan fingerprint density at radius 2 is 1.87 bits per heavy atom. The van der Waals surface area contributed by atoms with Crippen LogP contribution in [0.1, 0.15) is 22.7 Å². The largest absolute Gasteiger partial charge is 0.872 e. The zero-order valence-corrected chi connectivity index (χ0v) is 16.4. The first-order valence-electron chi connectivity index (χ1n) is 9.18. The summed E-state index contributed by atoms with van der Waals surface area (Å²) >= 11 is 5.89. The van der Waals surface area contributed by atoms with Gasteiger partial charge in [-0.05, 0) is 41.5 Å². The predicted octanol–water partition coefficient (Wildman–Crippen LogP) is 2.72. The fraction of sp³-hybridized carbons (Fsp3) is 0.0870. The Kier molecular flexibility index (Phi) is 5.33. The van der Waals surface area contributed by atoms with Crippen LogP contribution in [0.25, 0.3) is 5.76 Å². The van der Waals surface area contributed by atoms with Crippen LogP contribution in [0.15, 0.2) is 78.6 Å². The normalized spacial score (nSPS) is 18.1. The average Bonchev–Trinajstić information content (AvgIpc) is 2.99. The number of nitrogens with one attached hydrogen (secondary N) is 1. The molecule has 7 heteroatoms. The molecule has 0 bridgehead atoms. The Hall–Kier alpha value is -3.51. The molecule has 2 aromatic carbocycles. The molecule has 1 N–H and O–H groups in total. The van der Waals surface area contributed by atoms with Gasteiger partial charge in [-0.25, -0.2) is 9.37 Å². The molecule has 1 aliphatic heterocycles. The number of hydrogen-bond acceptors (Lipinski definition) is 3. The molecule has 1 atom stereocenters. The van der Waals surface area contributed by atoms with Crippen molar-refractivity contribution in [2.24, 2.45) is 0 Å². The highest BCUT2D eigenvalue weighted by Gasteiger charge is 2.44. The molecule has 30 heavy (non-hydrogen) atoms. The van der Waals surface area contributed by atoms with Gasteiger partial charge in [-0.2, -0.15) is 0 Å². The number of carbonyl (C=O) groups is 2. The summed E-state index contributed by atoms with van der Waals surface area (Å²) in [7, 11) is 0. The number of amides is 1. The second-order valence-corrected chi connectivity index (χ2v) is 7.32. The van der Waals surface area contributed by atoms with Crippen molar-refractivity contribution in [3.63, 3.8) is 0 Å². The van der Waals surface area contributed by atoms with Crippen molar-refractivity contribution in [1.82, 2.24) is 4.90 Å². The molecular weight excluding hydrogens is 407 g/mol. The van der Waals surface area contributed by atoms with E-state index in [1.165, 1.54) is 47.4 Å². The second-order valence-electron chi connectivity index (χ2n) is 6.88. The number of hydrogen-bond donors (Lipinski definition) is 0. The molecule has 2 heterocycles. The molecule has 1 aliphatic rings. The summed E-state index contributed by atoms with van der Waals surface area (Å²) in [5, 5.41) is 13.6. The quantitative estimate of drug-likeness (QED) is 0.368. The number of rotatable bonds is 4. The highest BCUT2D eigenvalue weighted by Crippen LogP contribution is 2.39. The van der Waals surface area contributed by atoms with Gasteiger partial charge in [0.05, 0.1) is 12.6 Å². The summed E-state index contributed by atoms with van der Waals surface area (Å²) in [5.74, 6) is -2.79. The maximum absolute atomic E-state index is 14.0. The summed E-state index contributed by atoms with van der Waals surface area (Å²) in [5.41, 5.74) is 1.12. The lowest BCUT2D eigenvalue weighted by atomic mass is 9.95. The smallest absolute Gasteiger partial charge is 0.295 e. The van der Waals surface area contributed by atoms with Crippen molar-refractivity contribution >= 4 is 29.1 Å². The number of benzene rings is 2. The van der Waals surface area contributed by atoms with E-state index in [0.29, 0.717) is 10.6 Å². The fourth-order valence-electron chi connectivity index (χ4n) is 3.54. The van der Waals surface area contributed by atoms with Crippen LogP contribution in [-0.4, -0.2) is 16.6 Å². The third-order valence-corrected chi connectivity index (χ3v) is 5.18. The first kappa shape index (κ1) is 19.8. The number of nitrogens with zero attached hydrogens (tertiary/aromatic N) is 1. The number of pyridine rings is 1. The van der Waals surface area contributed by atoms with E-state index >= 15 is 0 Å². The minimum Gasteiger partial charge on any atom is -0.872 e. The first-order valence-corrected chi connectivity index (χ1v) is 9.56. The van der Waals surface area contributed by atoms with Gasteiger partial charge in [-0.1, -0.05) is 41.6 Å². The fourth-order valence-corrected chi connectivity index (χ4v) is 3.66. The van der Waals surface area contributed by atoms with Crippen molar-refractivity contribution in [3.05, 3.63) is 106 Å². The molecule has 1 amide bonds. The molecule has 0 aliphatic carbocycles. The summed E-state index contributed by atoms with van der Waals surface area (Å²) in [6.07, 6.45) is 3.41. The van der Waals surface area contributed by atoms with E-state index in [1.807, 2.05) is 0 Å². The van der Waals surface area contributed by atoms with E-state index in [-0.39, 0.29) is 17.7 Å². The molecule has 1 aromatic heterocycles. The number of ketones is 1. The van der Waals surface area contributed by atoms with Gasteiger partial charge in [-0.15, -0.1) is 0 Å². The van der Waals surface area contributed by atoms with Crippen LogP contribution in [0.2, 0.25) is 5.02 Å². The van der Waals surface area contributed by atoms with Crippen molar-refractivity contribution in [2.45, 2.75) is 12.6 Å². The third-order valence-electron chi connectivity index (χ3n) is 4.92. The molecule has 0 spiro atoms. The first-order chi connectivity index (χ1) is 14.5. The minimum atomic E-state index is -0.996. The maximum atomic E-state index is 14.0. The van der Waals surface area contributed by atoms with E-state index in [1.54, 1.807) is 30.6 Å². The Balaban J connectivity index is 1.87. The highest BCUT2D eigenvalue weighted by atomic mass is 35.5. The van der Waals surface area contributed by atoms with E-state index in [9.17, 15) is 19.1 Å². The van der Waals surface area contributed by atoms with E-state index in [4.69, 9.17) is 11.6 Å². The lowest BCUT2D eigenvalue weighted by Crippen LogP contribution is -2.29. The number of H-pyrrole nitrogens is 1. The molecule has 0 radical (unpaired) electrons. The van der Waals surface area contributed by atoms with E-state index in [2.05, 4.69) is 4.98 Å². The van der Waals surface area contributed by atoms with Gasteiger partial charge in [0.15, 0.2) is 12.4 Å². The van der Waals surface area contributed by atoms with Crippen molar-refractivity contribution in [1.29, 1.82) is 0 Å². The van der Waals surface area contributed by atoms with Crippen molar-refractivity contribution < 1.29 is 24.1 Å². The summed E-state index contributed by atoms with van der Waals surface area (Å²) in [4.78, 5) is 30.0. The Morgan fingerprint density at radius 3 is 2.53 bits per heavy atom. The number of halogens is 2. The van der Waals surface area contributed by atoms with Gasteiger partial charge in [0.1, 0.15) is 5.82 Å². The Bertz CT molecular complexity index is 1150. The van der Waals surface area contributed by atoms with Gasteiger partial charge in [-0.3, -0.25) is 9.59 Å². The molecule has 3 aromatic rings. The molecule has 5 nitrogen and oxygen atoms in total. The van der Waals surface area contributed by atoms with Gasteiger partial charge < -0.3 is 10.0 Å². The van der Waals surface area contributed by atoms with Gasteiger partial charge in [0.2, 0.25) is 5.78 Å². The third kappa shape index (κ3) is 3.69. The Morgan fingerprint density at radius 1 is 1.10 bits per heavy atom. The second kappa shape index (κ2) is 8.08. The number of aromatic amines is 1. The van der Waals surface area contributed by atoms with Crippen LogP contribution in [-0.2, 0) is 16.1 Å². The average molecular weight is 423 g/mol. The summed E-state index contributed by atoms with van der Waals surface area (Å²) in [6.45, 7) is 0.0838. The topological polar surface area (TPSA) is 74.6 Å². The zero-order chi connectivity index (χ0) is 21.3. The predicted molar refractivity (Wildman–Crippen MR) is 106 cm³/mol. The summed E-state index contributed by atoms with van der Waals surface area (Å²) in [6, 6.07) is 14.2. The molecule has 0 saturated carbocycles. The van der Waals surface area contributed by atoms with Crippen LogP contribution in [0.4, 0.5) is 4.39 Å². The van der Waals surface area contributed by atoms with Crippen LogP contribution in [0.3, 0.4) is 0 Å². The van der Waals surface area contributed by atoms with Gasteiger partial charge in [0.25, 0.3) is 5.91 Å². The van der Waals surface area contributed by atoms with E-state index in [0.717, 1.165) is 5.56 Å². The molecule has 4 rings (SSSR count). The minimum absolute atomic E-state index is 0.0838. The summed E-state index contributed by atoms with van der Waals surface area (Å²) < 4.78 is 14.0. The molecule has 1 saturated heterocycles. The monoisotopic (exact) mass is 422 g/mol. The van der Waals surface area contributed by atoms with Gasteiger partial charge >= 0.3 is 0 Å². The number of Topliss-reactive ketones (excluding diaryl/α,β-unsaturated/α-hetero) is 1. The standard InChI is InChI=1S/C23H16ClFN2O3/c24-17-8-6-15(7-9-17)21(28)19-20(16-4-1-5-18(25)11-16)27(23(30)22(19)29)13-14-3-2-10-26-12-14/h1-12,20,28H,13H2. The maximum Gasteiger partial charge on any atom is 0.295 e. The lowest BCUT2D eigenvalue weighted by molar-refractivity contribution is -0.378. The highest BCUT2D eigenvalue weighted by molar-refractivity contribution is 6.46. The molecule has 1 unspecified atom stereocenters. The van der Waals surface area contributed by atoms with Crippen LogP contribution >= 0.6 is 11.6 Å². The van der Waals surface area contributed by atoms with E-state index < -0.39 is 29.3 Å². The number of likely N-dealkylation sites (tertiary alicyclic amines) is 1. The molecular formula is C23H16ClFN2O3. The SMILES string of the molecule is O=C1C(=O)N(Cc2ccc[nH+]c2)C(c2cccc(F)c2)C1=C([O-])c1ccc(Cl)cc1. The Labute approximate surface area is 177 Å². The zero-order valence-electron chi connectivity index (χ0n) is 15.6. The molecule has 150 valence electrons. The van der Waals surface area contributed by atoms with Crippen LogP contribution in [0.5, 0.6) is 0 Å². The van der Waals surface area contributed by atoms with Gasteiger partial charge in [0, 0.05) is 22.2 Å².